The van der Waals surface area contributed by atoms with Crippen LogP contribution in [-0.2, 0) is 5.41 Å². The van der Waals surface area contributed by atoms with Crippen LogP contribution < -0.4 is 4.90 Å². The number of fused-ring (bicyclic) bond motifs is 10. The van der Waals surface area contributed by atoms with Crippen molar-refractivity contribution in [3.05, 3.63) is 271 Å². The van der Waals surface area contributed by atoms with E-state index in [0.717, 1.165) is 56.0 Å². The molecule has 2 heterocycles. The summed E-state index contributed by atoms with van der Waals surface area (Å²) in [4.78, 5) is 21.9. The van der Waals surface area contributed by atoms with Crippen molar-refractivity contribution in [3.8, 4) is 78.7 Å². The third-order valence-corrected chi connectivity index (χ3v) is 13.6. The van der Waals surface area contributed by atoms with E-state index in [4.69, 9.17) is 15.0 Å². The Morgan fingerprint density at radius 3 is 1.32 bits per heavy atom. The van der Waals surface area contributed by atoms with E-state index in [1.807, 2.05) is 79.1 Å². The number of nitrogens with zero attached hydrogens (tertiary/aromatic N) is 5. The molecule has 5 nitrogen and oxygen atoms in total. The second kappa shape index (κ2) is 16.1. The predicted molar refractivity (Wildman–Crippen MR) is 276 cm³/mol. The molecule has 2 aromatic heterocycles. The van der Waals surface area contributed by atoms with Gasteiger partial charge in [0.15, 0.2) is 17.5 Å². The van der Waals surface area contributed by atoms with E-state index in [-0.39, 0.29) is 0 Å². The van der Waals surface area contributed by atoms with Crippen LogP contribution in [-0.4, -0.2) is 19.9 Å². The first kappa shape index (κ1) is 39.3. The van der Waals surface area contributed by atoms with Gasteiger partial charge >= 0.3 is 0 Å². The highest BCUT2D eigenvalue weighted by atomic mass is 15.1. The number of anilines is 3. The molecule has 5 heteroatoms. The van der Waals surface area contributed by atoms with E-state index in [1.165, 1.54) is 44.5 Å². The molecule has 2 aliphatic rings. The van der Waals surface area contributed by atoms with Gasteiger partial charge < -0.3 is 4.90 Å². The maximum atomic E-state index is 5.06. The van der Waals surface area contributed by atoms with Gasteiger partial charge in [0.1, 0.15) is 0 Å². The quantitative estimate of drug-likeness (QED) is 0.152. The van der Waals surface area contributed by atoms with Gasteiger partial charge in [-0.1, -0.05) is 188 Å². The first-order chi connectivity index (χ1) is 33.7. The van der Waals surface area contributed by atoms with Crippen molar-refractivity contribution in [1.29, 1.82) is 0 Å². The molecule has 68 heavy (non-hydrogen) atoms. The lowest BCUT2D eigenvalue weighted by molar-refractivity contribution is 0.793. The zero-order valence-electron chi connectivity index (χ0n) is 36.9. The van der Waals surface area contributed by atoms with E-state index in [1.54, 1.807) is 0 Å². The summed E-state index contributed by atoms with van der Waals surface area (Å²) in [5.74, 6) is 1.89. The Kier molecular flexibility index (Phi) is 9.32. The largest absolute Gasteiger partial charge is 0.310 e. The highest BCUT2D eigenvalue weighted by molar-refractivity contribution is 5.96. The zero-order valence-corrected chi connectivity index (χ0v) is 36.9. The molecular weight excluding hydrogens is 827 g/mol. The molecule has 0 fully saturated rings. The molecule has 11 aromatic rings. The number of pyridine rings is 1. The molecule has 0 bridgehead atoms. The van der Waals surface area contributed by atoms with Gasteiger partial charge in [-0.25, -0.2) is 15.0 Å². The maximum Gasteiger partial charge on any atom is 0.164 e. The van der Waals surface area contributed by atoms with Crippen LogP contribution in [0, 0.1) is 0 Å². The fourth-order valence-corrected chi connectivity index (χ4v) is 10.6. The van der Waals surface area contributed by atoms with Crippen LogP contribution in [0.25, 0.3) is 78.7 Å². The number of hydrogen-bond donors (Lipinski definition) is 0. The number of aromatic nitrogens is 4. The molecule has 13 rings (SSSR count). The van der Waals surface area contributed by atoms with Crippen LogP contribution in [0.4, 0.5) is 17.1 Å². The van der Waals surface area contributed by atoms with Crippen LogP contribution >= 0.6 is 0 Å². The summed E-state index contributed by atoms with van der Waals surface area (Å²) in [6, 6.07) is 84.6. The van der Waals surface area contributed by atoms with Crippen molar-refractivity contribution in [2.24, 2.45) is 0 Å². The zero-order chi connectivity index (χ0) is 45.0. The van der Waals surface area contributed by atoms with E-state index >= 15 is 0 Å². The van der Waals surface area contributed by atoms with Crippen molar-refractivity contribution >= 4 is 17.1 Å². The lowest BCUT2D eigenvalue weighted by atomic mass is 9.70. The Labute approximate surface area is 395 Å². The standard InChI is InChI=1S/C63H41N5/c1-3-16-43(17-4-1)60-65-61(44-18-5-2-6-19-44)67-62(66-60)47-22-13-20-45(38-47)46-21-14-24-50(39-46)68(49-33-31-42(32-34-49)48-23-15-37-64-41-48)51-35-36-55-54-27-9-12-30-58(54)63(59(55)40-51)56-28-10-7-25-52(56)53-26-8-11-29-57(53)63/h1-41H. The van der Waals surface area contributed by atoms with Gasteiger partial charge in [-0.05, 0) is 115 Å². The second-order valence-corrected chi connectivity index (χ2v) is 17.4. The number of rotatable bonds is 8. The van der Waals surface area contributed by atoms with Crippen LogP contribution in [0.1, 0.15) is 22.3 Å². The Hall–Kier alpha value is -9.06. The minimum Gasteiger partial charge on any atom is -0.310 e. The van der Waals surface area contributed by atoms with Crippen LogP contribution in [0.15, 0.2) is 249 Å². The summed E-state index contributed by atoms with van der Waals surface area (Å²) < 4.78 is 0. The van der Waals surface area contributed by atoms with E-state index in [9.17, 15) is 0 Å². The molecule has 0 saturated carbocycles. The third-order valence-electron chi connectivity index (χ3n) is 13.6. The van der Waals surface area contributed by atoms with Gasteiger partial charge in [-0.15, -0.1) is 0 Å². The monoisotopic (exact) mass is 867 g/mol. The van der Waals surface area contributed by atoms with Gasteiger partial charge in [0, 0.05) is 46.1 Å². The Bertz CT molecular complexity index is 3560. The Morgan fingerprint density at radius 1 is 0.279 bits per heavy atom. The molecule has 0 saturated heterocycles. The molecule has 0 N–H and O–H groups in total. The average molecular weight is 868 g/mol. The first-order valence-corrected chi connectivity index (χ1v) is 23.0. The molecular formula is C63H41N5. The Morgan fingerprint density at radius 2 is 0.735 bits per heavy atom. The fourth-order valence-electron chi connectivity index (χ4n) is 10.6. The van der Waals surface area contributed by atoms with E-state index < -0.39 is 5.41 Å². The fraction of sp³-hybridized carbons (Fsp3) is 0.0159. The summed E-state index contributed by atoms with van der Waals surface area (Å²) in [6.45, 7) is 0. The van der Waals surface area contributed by atoms with Crippen molar-refractivity contribution in [3.63, 3.8) is 0 Å². The number of benzene rings is 9. The minimum atomic E-state index is -0.469. The topological polar surface area (TPSA) is 54.8 Å². The SMILES string of the molecule is c1ccc(-c2nc(-c3ccccc3)nc(-c3cccc(-c4cccc(N(c5ccc(-c6cccnc6)cc5)c5ccc6c(c5)C5(c7ccccc7-c7ccccc75)c5ccccc5-6)c4)c3)n2)cc1. The molecule has 0 amide bonds. The van der Waals surface area contributed by atoms with Crippen molar-refractivity contribution in [2.45, 2.75) is 5.41 Å². The van der Waals surface area contributed by atoms with E-state index in [2.05, 4.69) is 180 Å². The van der Waals surface area contributed by atoms with Gasteiger partial charge in [0.25, 0.3) is 0 Å². The summed E-state index contributed by atoms with van der Waals surface area (Å²) in [6.07, 6.45) is 3.73. The number of hydrogen-bond acceptors (Lipinski definition) is 5. The predicted octanol–water partition coefficient (Wildman–Crippen LogP) is 15.4. The third kappa shape index (κ3) is 6.39. The smallest absolute Gasteiger partial charge is 0.164 e. The molecule has 0 aliphatic heterocycles. The van der Waals surface area contributed by atoms with E-state index in [0.29, 0.717) is 17.5 Å². The second-order valence-electron chi connectivity index (χ2n) is 17.4. The van der Waals surface area contributed by atoms with Crippen LogP contribution in [0.3, 0.4) is 0 Å². The summed E-state index contributed by atoms with van der Waals surface area (Å²) in [5, 5.41) is 0. The highest BCUT2D eigenvalue weighted by Gasteiger charge is 2.51. The molecule has 1 spiro atoms. The lowest BCUT2D eigenvalue weighted by Gasteiger charge is -2.32. The lowest BCUT2D eigenvalue weighted by Crippen LogP contribution is -2.26. The van der Waals surface area contributed by atoms with Crippen LogP contribution in [0.2, 0.25) is 0 Å². The molecule has 0 unspecified atom stereocenters. The molecule has 318 valence electrons. The van der Waals surface area contributed by atoms with Gasteiger partial charge in [0.05, 0.1) is 5.41 Å². The maximum absolute atomic E-state index is 5.06. The summed E-state index contributed by atoms with van der Waals surface area (Å²) in [5.41, 5.74) is 20.2. The molecule has 0 radical (unpaired) electrons. The Balaban J connectivity index is 0.964. The van der Waals surface area contributed by atoms with Crippen molar-refractivity contribution in [2.75, 3.05) is 4.90 Å². The van der Waals surface area contributed by atoms with Gasteiger partial charge in [-0.3, -0.25) is 4.98 Å². The average Bonchev–Trinajstić information content (AvgIpc) is 3.89. The molecule has 2 aliphatic carbocycles. The molecule has 9 aromatic carbocycles. The first-order valence-electron chi connectivity index (χ1n) is 23.0. The highest BCUT2D eigenvalue weighted by Crippen LogP contribution is 2.63. The van der Waals surface area contributed by atoms with Crippen molar-refractivity contribution in [1.82, 2.24) is 19.9 Å². The minimum absolute atomic E-state index is 0.469. The van der Waals surface area contributed by atoms with Crippen LogP contribution in [0.5, 0.6) is 0 Å². The molecule has 0 atom stereocenters. The van der Waals surface area contributed by atoms with Crippen molar-refractivity contribution < 1.29 is 0 Å². The van der Waals surface area contributed by atoms with Gasteiger partial charge in [0.2, 0.25) is 0 Å². The van der Waals surface area contributed by atoms with Gasteiger partial charge in [-0.2, -0.15) is 0 Å². The summed E-state index contributed by atoms with van der Waals surface area (Å²) in [7, 11) is 0. The normalized spacial score (nSPS) is 12.5. The summed E-state index contributed by atoms with van der Waals surface area (Å²) >= 11 is 0.